The Labute approximate surface area is 152 Å². The highest BCUT2D eigenvalue weighted by Gasteiger charge is 2.30. The Balaban J connectivity index is 1.78. The number of piperazine rings is 1. The van der Waals surface area contributed by atoms with Gasteiger partial charge < -0.3 is 15.5 Å². The molecule has 0 spiro atoms. The summed E-state index contributed by atoms with van der Waals surface area (Å²) in [7, 11) is 0. The van der Waals surface area contributed by atoms with E-state index in [0.717, 1.165) is 32.6 Å². The first-order chi connectivity index (χ1) is 11.8. The zero-order valence-electron chi connectivity index (χ0n) is 16.4. The first-order valence-corrected chi connectivity index (χ1v) is 9.86. The number of hydrogen-bond acceptors (Lipinski definition) is 4. The van der Waals surface area contributed by atoms with E-state index in [1.807, 2.05) is 16.7 Å². The van der Waals surface area contributed by atoms with Crippen LogP contribution >= 0.6 is 0 Å². The number of piperidine rings is 1. The highest BCUT2D eigenvalue weighted by molar-refractivity contribution is 5.82. The molecule has 0 bridgehead atoms. The lowest BCUT2D eigenvalue weighted by atomic mass is 9.92. The van der Waals surface area contributed by atoms with Crippen molar-refractivity contribution in [3.8, 4) is 0 Å². The predicted octanol–water partition coefficient (Wildman–Crippen LogP) is 1.01. The molecule has 144 valence electrons. The van der Waals surface area contributed by atoms with Crippen LogP contribution in [0, 0.1) is 17.8 Å². The molecule has 4 atom stereocenters. The Morgan fingerprint density at radius 2 is 1.60 bits per heavy atom. The zero-order valence-corrected chi connectivity index (χ0v) is 16.4. The van der Waals surface area contributed by atoms with Crippen molar-refractivity contribution in [2.75, 3.05) is 45.8 Å². The molecule has 2 N–H and O–H groups in total. The summed E-state index contributed by atoms with van der Waals surface area (Å²) in [4.78, 5) is 31.1. The van der Waals surface area contributed by atoms with Gasteiger partial charge in [-0.3, -0.25) is 14.5 Å². The van der Waals surface area contributed by atoms with E-state index >= 15 is 0 Å². The molecule has 2 fully saturated rings. The van der Waals surface area contributed by atoms with Crippen LogP contribution in [-0.4, -0.2) is 78.4 Å². The number of hydrogen-bond donors (Lipinski definition) is 1. The van der Waals surface area contributed by atoms with Gasteiger partial charge in [-0.15, -0.1) is 0 Å². The van der Waals surface area contributed by atoms with E-state index in [0.29, 0.717) is 31.5 Å². The van der Waals surface area contributed by atoms with Crippen LogP contribution in [0.4, 0.5) is 0 Å². The van der Waals surface area contributed by atoms with Gasteiger partial charge in [0.1, 0.15) is 0 Å². The van der Waals surface area contributed by atoms with Crippen molar-refractivity contribution in [1.82, 2.24) is 14.7 Å². The fourth-order valence-corrected chi connectivity index (χ4v) is 3.99. The van der Waals surface area contributed by atoms with Gasteiger partial charge in [0.2, 0.25) is 11.8 Å². The number of carbonyl (C=O) groups excluding carboxylic acids is 2. The van der Waals surface area contributed by atoms with Gasteiger partial charge in [-0.05, 0) is 24.2 Å². The molecule has 25 heavy (non-hydrogen) atoms. The SMILES string of the molecule is CCC(C)C(N)C(=O)N1CCN(CC(=O)N2CC(C)CC(C)C2)CC1. The van der Waals surface area contributed by atoms with Crippen molar-refractivity contribution in [2.45, 2.75) is 46.6 Å². The van der Waals surface area contributed by atoms with Crippen molar-refractivity contribution in [1.29, 1.82) is 0 Å². The minimum absolute atomic E-state index is 0.0546. The first-order valence-electron chi connectivity index (χ1n) is 9.86. The van der Waals surface area contributed by atoms with E-state index in [-0.39, 0.29) is 17.7 Å². The average molecular weight is 353 g/mol. The average Bonchev–Trinajstić information content (AvgIpc) is 2.59. The lowest BCUT2D eigenvalue weighted by Crippen LogP contribution is -2.56. The summed E-state index contributed by atoms with van der Waals surface area (Å²) in [5, 5.41) is 0. The molecule has 2 aliphatic rings. The minimum atomic E-state index is -0.408. The van der Waals surface area contributed by atoms with Gasteiger partial charge in [0.25, 0.3) is 0 Å². The van der Waals surface area contributed by atoms with E-state index in [1.54, 1.807) is 0 Å². The Morgan fingerprint density at radius 3 is 2.12 bits per heavy atom. The van der Waals surface area contributed by atoms with Gasteiger partial charge in [0.05, 0.1) is 12.6 Å². The number of nitrogens with two attached hydrogens (primary N) is 1. The molecule has 2 heterocycles. The topological polar surface area (TPSA) is 69.9 Å². The maximum atomic E-state index is 12.6. The summed E-state index contributed by atoms with van der Waals surface area (Å²) >= 11 is 0. The van der Waals surface area contributed by atoms with E-state index < -0.39 is 6.04 Å². The largest absolute Gasteiger partial charge is 0.341 e. The second-order valence-electron chi connectivity index (χ2n) is 8.26. The number of carbonyl (C=O) groups is 2. The molecule has 0 aromatic carbocycles. The Morgan fingerprint density at radius 1 is 1.04 bits per heavy atom. The monoisotopic (exact) mass is 352 g/mol. The molecule has 0 saturated carbocycles. The van der Waals surface area contributed by atoms with Crippen molar-refractivity contribution < 1.29 is 9.59 Å². The lowest BCUT2D eigenvalue weighted by molar-refractivity contribution is -0.137. The Hall–Kier alpha value is -1.14. The number of amides is 2. The molecule has 2 aliphatic heterocycles. The van der Waals surface area contributed by atoms with Gasteiger partial charge in [-0.1, -0.05) is 34.1 Å². The third-order valence-corrected chi connectivity index (χ3v) is 5.81. The maximum Gasteiger partial charge on any atom is 0.239 e. The molecule has 2 saturated heterocycles. The molecule has 4 unspecified atom stereocenters. The summed E-state index contributed by atoms with van der Waals surface area (Å²) in [5.41, 5.74) is 6.08. The molecule has 6 nitrogen and oxygen atoms in total. The van der Waals surface area contributed by atoms with Crippen molar-refractivity contribution in [3.63, 3.8) is 0 Å². The fourth-order valence-electron chi connectivity index (χ4n) is 3.99. The van der Waals surface area contributed by atoms with E-state index in [1.165, 1.54) is 6.42 Å². The van der Waals surface area contributed by atoms with Crippen LogP contribution in [0.25, 0.3) is 0 Å². The maximum absolute atomic E-state index is 12.6. The number of likely N-dealkylation sites (tertiary alicyclic amines) is 1. The van der Waals surface area contributed by atoms with Gasteiger partial charge in [-0.2, -0.15) is 0 Å². The second-order valence-corrected chi connectivity index (χ2v) is 8.26. The van der Waals surface area contributed by atoms with Crippen molar-refractivity contribution >= 4 is 11.8 Å². The summed E-state index contributed by atoms with van der Waals surface area (Å²) in [6.45, 7) is 13.6. The van der Waals surface area contributed by atoms with Crippen LogP contribution < -0.4 is 5.73 Å². The van der Waals surface area contributed by atoms with Crippen LogP contribution in [0.1, 0.15) is 40.5 Å². The molecule has 0 aromatic rings. The fraction of sp³-hybridized carbons (Fsp3) is 0.895. The summed E-state index contributed by atoms with van der Waals surface area (Å²) in [5.74, 6) is 1.66. The van der Waals surface area contributed by atoms with Crippen LogP contribution in [0.5, 0.6) is 0 Å². The van der Waals surface area contributed by atoms with Gasteiger partial charge in [-0.25, -0.2) is 0 Å². The quantitative estimate of drug-likeness (QED) is 0.802. The van der Waals surface area contributed by atoms with Gasteiger partial charge >= 0.3 is 0 Å². The van der Waals surface area contributed by atoms with Crippen LogP contribution in [0.15, 0.2) is 0 Å². The van der Waals surface area contributed by atoms with E-state index in [9.17, 15) is 9.59 Å². The molecule has 0 aliphatic carbocycles. The van der Waals surface area contributed by atoms with Crippen LogP contribution in [0.2, 0.25) is 0 Å². The first kappa shape index (κ1) is 20.2. The summed E-state index contributed by atoms with van der Waals surface area (Å²) in [6, 6.07) is -0.408. The third-order valence-electron chi connectivity index (χ3n) is 5.81. The molecule has 0 aromatic heterocycles. The molecule has 2 amide bonds. The minimum Gasteiger partial charge on any atom is -0.341 e. The number of nitrogens with zero attached hydrogens (tertiary/aromatic N) is 3. The van der Waals surface area contributed by atoms with Gasteiger partial charge in [0.15, 0.2) is 0 Å². The van der Waals surface area contributed by atoms with E-state index in [4.69, 9.17) is 5.73 Å². The molecule has 0 radical (unpaired) electrons. The number of rotatable bonds is 5. The predicted molar refractivity (Wildman–Crippen MR) is 100.0 cm³/mol. The Bertz CT molecular complexity index is 452. The highest BCUT2D eigenvalue weighted by atomic mass is 16.2. The molecular weight excluding hydrogens is 316 g/mol. The zero-order chi connectivity index (χ0) is 18.6. The normalized spacial score (nSPS) is 27.9. The van der Waals surface area contributed by atoms with Crippen molar-refractivity contribution in [2.24, 2.45) is 23.5 Å². The summed E-state index contributed by atoms with van der Waals surface area (Å²) in [6.07, 6.45) is 2.12. The lowest BCUT2D eigenvalue weighted by Gasteiger charge is -2.39. The van der Waals surface area contributed by atoms with Crippen LogP contribution in [-0.2, 0) is 9.59 Å². The van der Waals surface area contributed by atoms with Crippen molar-refractivity contribution in [3.05, 3.63) is 0 Å². The summed E-state index contributed by atoms with van der Waals surface area (Å²) < 4.78 is 0. The standard InChI is InChI=1S/C19H36N4O2/c1-5-16(4)18(20)19(25)22-8-6-21(7-9-22)13-17(24)23-11-14(2)10-15(3)12-23/h14-16,18H,5-13,20H2,1-4H3. The second kappa shape index (κ2) is 8.99. The molecule has 6 heteroatoms. The van der Waals surface area contributed by atoms with Gasteiger partial charge in [0, 0.05) is 39.3 Å². The highest BCUT2D eigenvalue weighted by Crippen LogP contribution is 2.21. The Kier molecular flexibility index (Phi) is 7.25. The van der Waals surface area contributed by atoms with E-state index in [2.05, 4.69) is 25.7 Å². The smallest absolute Gasteiger partial charge is 0.239 e. The molecule has 2 rings (SSSR count). The third kappa shape index (κ3) is 5.42. The van der Waals surface area contributed by atoms with Crippen LogP contribution in [0.3, 0.4) is 0 Å². The molecular formula is C19H36N4O2.